The topological polar surface area (TPSA) is 54.0 Å². The third-order valence-electron chi connectivity index (χ3n) is 3.97. The molecule has 0 aliphatic carbocycles. The summed E-state index contributed by atoms with van der Waals surface area (Å²) in [6.45, 7) is 6.18. The molecule has 0 bridgehead atoms. The fraction of sp³-hybridized carbons (Fsp3) is 0.647. The van der Waals surface area contributed by atoms with Crippen molar-refractivity contribution in [3.8, 4) is 0 Å². The third-order valence-corrected chi connectivity index (χ3v) is 4.22. The zero-order valence-electron chi connectivity index (χ0n) is 13.9. The second kappa shape index (κ2) is 9.57. The number of hydrogen-bond acceptors (Lipinski definition) is 5. The van der Waals surface area contributed by atoms with Gasteiger partial charge in [-0.3, -0.25) is 0 Å². The summed E-state index contributed by atoms with van der Waals surface area (Å²) in [5.41, 5.74) is 1.05. The van der Waals surface area contributed by atoms with Crippen LogP contribution < -0.4 is 5.32 Å². The summed E-state index contributed by atoms with van der Waals surface area (Å²) in [5, 5.41) is 14.0. The summed E-state index contributed by atoms with van der Waals surface area (Å²) in [7, 11) is 2.09. The van der Waals surface area contributed by atoms with Crippen molar-refractivity contribution in [1.29, 1.82) is 0 Å². The van der Waals surface area contributed by atoms with E-state index in [0.717, 1.165) is 31.8 Å². The first-order valence-electron chi connectivity index (χ1n) is 8.10. The zero-order chi connectivity index (χ0) is 16.7. The molecule has 1 aromatic carbocycles. The first kappa shape index (κ1) is 18.6. The molecule has 23 heavy (non-hydrogen) atoms. The summed E-state index contributed by atoms with van der Waals surface area (Å²) < 4.78 is 11.4. The highest BCUT2D eigenvalue weighted by Crippen LogP contribution is 2.19. The predicted molar refractivity (Wildman–Crippen MR) is 91.9 cm³/mol. The average Bonchev–Trinajstić information content (AvgIpc) is 2.53. The van der Waals surface area contributed by atoms with E-state index >= 15 is 0 Å². The van der Waals surface area contributed by atoms with Crippen LogP contribution >= 0.6 is 11.6 Å². The molecule has 6 heteroatoms. The number of nitrogens with zero attached hydrogens (tertiary/aromatic N) is 1. The highest BCUT2D eigenvalue weighted by Gasteiger charge is 2.17. The Kier molecular flexibility index (Phi) is 7.76. The SMILES string of the molecule is C[C@H](OC[C@@H](O)CNC[C@@H]1CN(C)CCO1)c1ccc(Cl)cc1. The molecular formula is C17H27ClN2O3. The average molecular weight is 343 g/mol. The van der Waals surface area contributed by atoms with Crippen molar-refractivity contribution in [1.82, 2.24) is 10.2 Å². The van der Waals surface area contributed by atoms with Crippen LogP contribution in [-0.2, 0) is 9.47 Å². The molecule has 1 aromatic rings. The van der Waals surface area contributed by atoms with Gasteiger partial charge in [-0.25, -0.2) is 0 Å². The van der Waals surface area contributed by atoms with Crippen LogP contribution in [0.2, 0.25) is 5.02 Å². The maximum Gasteiger partial charge on any atom is 0.0897 e. The molecule has 0 unspecified atom stereocenters. The van der Waals surface area contributed by atoms with E-state index in [0.29, 0.717) is 18.2 Å². The lowest BCUT2D eigenvalue weighted by atomic mass is 10.1. The molecule has 0 amide bonds. The molecule has 1 heterocycles. The molecule has 0 aromatic heterocycles. The summed E-state index contributed by atoms with van der Waals surface area (Å²) in [4.78, 5) is 2.25. The molecule has 0 radical (unpaired) electrons. The van der Waals surface area contributed by atoms with Crippen molar-refractivity contribution < 1.29 is 14.6 Å². The maximum atomic E-state index is 10.0. The number of benzene rings is 1. The number of halogens is 1. The third kappa shape index (κ3) is 6.75. The zero-order valence-corrected chi connectivity index (χ0v) is 14.6. The van der Waals surface area contributed by atoms with Crippen molar-refractivity contribution in [2.45, 2.75) is 25.2 Å². The molecule has 1 fully saturated rings. The molecule has 0 spiro atoms. The minimum absolute atomic E-state index is 0.0720. The Hall–Kier alpha value is -0.690. The van der Waals surface area contributed by atoms with Crippen LogP contribution in [0.1, 0.15) is 18.6 Å². The van der Waals surface area contributed by atoms with E-state index in [2.05, 4.69) is 17.3 Å². The number of nitrogens with one attached hydrogen (secondary N) is 1. The van der Waals surface area contributed by atoms with Gasteiger partial charge in [-0.05, 0) is 31.7 Å². The second-order valence-corrected chi connectivity index (χ2v) is 6.53. The van der Waals surface area contributed by atoms with E-state index in [4.69, 9.17) is 21.1 Å². The number of aliphatic hydroxyl groups is 1. The monoisotopic (exact) mass is 342 g/mol. The standard InChI is InChI=1S/C17H27ClN2O3/c1-13(14-3-5-15(18)6-4-14)23-12-16(21)9-19-10-17-11-20(2)7-8-22-17/h3-6,13,16-17,19,21H,7-12H2,1-2H3/t13-,16-,17+/m0/s1. The lowest BCUT2D eigenvalue weighted by molar-refractivity contribution is -0.0240. The minimum Gasteiger partial charge on any atom is -0.389 e. The van der Waals surface area contributed by atoms with E-state index in [1.807, 2.05) is 31.2 Å². The molecule has 130 valence electrons. The van der Waals surface area contributed by atoms with Crippen LogP contribution in [0, 0.1) is 0 Å². The van der Waals surface area contributed by atoms with Crippen LogP contribution in [0.25, 0.3) is 0 Å². The molecule has 2 N–H and O–H groups in total. The Balaban J connectivity index is 1.61. The van der Waals surface area contributed by atoms with Gasteiger partial charge in [0.25, 0.3) is 0 Å². The molecule has 2 rings (SSSR count). The molecule has 0 saturated carbocycles. The maximum absolute atomic E-state index is 10.0. The highest BCUT2D eigenvalue weighted by atomic mass is 35.5. The van der Waals surface area contributed by atoms with Crippen LogP contribution in [-0.4, -0.2) is 68.7 Å². The Labute approximate surface area is 143 Å². The molecular weight excluding hydrogens is 316 g/mol. The van der Waals surface area contributed by atoms with Crippen molar-refractivity contribution >= 4 is 11.6 Å². The van der Waals surface area contributed by atoms with E-state index in [-0.39, 0.29) is 12.2 Å². The van der Waals surface area contributed by atoms with E-state index in [9.17, 15) is 5.11 Å². The van der Waals surface area contributed by atoms with E-state index in [1.165, 1.54) is 0 Å². The van der Waals surface area contributed by atoms with Gasteiger partial charge in [0.1, 0.15) is 0 Å². The van der Waals surface area contributed by atoms with Gasteiger partial charge < -0.3 is 24.8 Å². The lowest BCUT2D eigenvalue weighted by Gasteiger charge is -2.30. The highest BCUT2D eigenvalue weighted by molar-refractivity contribution is 6.30. The Morgan fingerprint density at radius 3 is 2.87 bits per heavy atom. The summed E-state index contributed by atoms with van der Waals surface area (Å²) in [5.74, 6) is 0. The van der Waals surface area contributed by atoms with Gasteiger partial charge in [0.05, 0.1) is 31.5 Å². The van der Waals surface area contributed by atoms with Gasteiger partial charge >= 0.3 is 0 Å². The first-order valence-corrected chi connectivity index (χ1v) is 8.48. The predicted octanol–water partition coefficient (Wildman–Crippen LogP) is 1.70. The normalized spacial score (nSPS) is 22.0. The number of rotatable bonds is 8. The van der Waals surface area contributed by atoms with Crippen molar-refractivity contribution in [3.05, 3.63) is 34.9 Å². The second-order valence-electron chi connectivity index (χ2n) is 6.09. The van der Waals surface area contributed by atoms with Crippen molar-refractivity contribution in [2.75, 3.05) is 46.4 Å². The molecule has 1 aliphatic rings. The fourth-order valence-electron chi connectivity index (χ4n) is 2.55. The Morgan fingerprint density at radius 1 is 1.43 bits per heavy atom. The van der Waals surface area contributed by atoms with Gasteiger partial charge in [0.15, 0.2) is 0 Å². The van der Waals surface area contributed by atoms with Gasteiger partial charge in [0, 0.05) is 31.2 Å². The molecule has 1 saturated heterocycles. The molecule has 1 aliphatic heterocycles. The number of aliphatic hydroxyl groups excluding tert-OH is 1. The number of morpholine rings is 1. The lowest BCUT2D eigenvalue weighted by Crippen LogP contribution is -2.46. The summed E-state index contributed by atoms with van der Waals surface area (Å²) in [6.07, 6.45) is -0.418. The van der Waals surface area contributed by atoms with Crippen molar-refractivity contribution in [3.63, 3.8) is 0 Å². The van der Waals surface area contributed by atoms with Crippen molar-refractivity contribution in [2.24, 2.45) is 0 Å². The number of likely N-dealkylation sites (N-methyl/N-ethyl adjacent to an activating group) is 1. The van der Waals surface area contributed by atoms with Crippen LogP contribution in [0.5, 0.6) is 0 Å². The van der Waals surface area contributed by atoms with Gasteiger partial charge in [-0.1, -0.05) is 23.7 Å². The summed E-state index contributed by atoms with van der Waals surface area (Å²) in [6, 6.07) is 7.56. The quantitative estimate of drug-likeness (QED) is 0.753. The molecule has 3 atom stereocenters. The fourth-order valence-corrected chi connectivity index (χ4v) is 2.67. The number of ether oxygens (including phenoxy) is 2. The van der Waals surface area contributed by atoms with Gasteiger partial charge in [0.2, 0.25) is 0 Å². The molecule has 5 nitrogen and oxygen atoms in total. The van der Waals surface area contributed by atoms with Crippen LogP contribution in [0.3, 0.4) is 0 Å². The smallest absolute Gasteiger partial charge is 0.0897 e. The van der Waals surface area contributed by atoms with Crippen LogP contribution in [0.4, 0.5) is 0 Å². The first-order chi connectivity index (χ1) is 11.0. The minimum atomic E-state index is -0.536. The largest absolute Gasteiger partial charge is 0.389 e. The van der Waals surface area contributed by atoms with E-state index < -0.39 is 6.10 Å². The Bertz CT molecular complexity index is 458. The van der Waals surface area contributed by atoms with E-state index in [1.54, 1.807) is 0 Å². The van der Waals surface area contributed by atoms with Gasteiger partial charge in [-0.15, -0.1) is 0 Å². The summed E-state index contributed by atoms with van der Waals surface area (Å²) >= 11 is 5.87. The van der Waals surface area contributed by atoms with Gasteiger partial charge in [-0.2, -0.15) is 0 Å². The Morgan fingerprint density at radius 2 is 2.17 bits per heavy atom. The van der Waals surface area contributed by atoms with Crippen LogP contribution in [0.15, 0.2) is 24.3 Å². The number of hydrogen-bond donors (Lipinski definition) is 2.